The molecule has 0 amide bonds. The fourth-order valence-electron chi connectivity index (χ4n) is 2.82. The number of hydrogen-bond donors (Lipinski definition) is 1. The Bertz CT molecular complexity index is 836. The van der Waals surface area contributed by atoms with Crippen LogP contribution in [0.3, 0.4) is 0 Å². The Labute approximate surface area is 129 Å². The first-order chi connectivity index (χ1) is 10.5. The zero-order valence-corrected chi connectivity index (χ0v) is 12.7. The molecular weight excluding hydrogens is 276 g/mol. The minimum atomic E-state index is -0.811. The molecule has 0 radical (unpaired) electrons. The number of aliphatic carboxylic acids is 1. The van der Waals surface area contributed by atoms with Crippen molar-refractivity contribution in [2.24, 2.45) is 0 Å². The molecule has 0 fully saturated rings. The Morgan fingerprint density at radius 1 is 1.23 bits per heavy atom. The lowest BCUT2D eigenvalue weighted by atomic mass is 9.91. The van der Waals surface area contributed by atoms with E-state index in [4.69, 9.17) is 0 Å². The maximum Gasteiger partial charge on any atom is 0.304 e. The number of hydrogen-bond acceptors (Lipinski definition) is 2. The number of carboxylic acid groups (broad SMARTS) is 1. The molecule has 4 nitrogen and oxygen atoms in total. The maximum atomic E-state index is 11.3. The summed E-state index contributed by atoms with van der Waals surface area (Å²) in [6.07, 6.45) is 3.83. The molecule has 0 saturated carbocycles. The molecule has 1 aromatic carbocycles. The Balaban J connectivity index is 2.15. The molecule has 0 aliphatic rings. The van der Waals surface area contributed by atoms with Crippen LogP contribution in [-0.4, -0.2) is 20.5 Å². The van der Waals surface area contributed by atoms with Crippen molar-refractivity contribution in [1.29, 1.82) is 0 Å². The van der Waals surface area contributed by atoms with Gasteiger partial charge in [-0.05, 0) is 31.0 Å². The zero-order chi connectivity index (χ0) is 15.7. The molecule has 0 saturated heterocycles. The predicted octanol–water partition coefficient (Wildman–Crippen LogP) is 3.56. The first kappa shape index (κ1) is 14.3. The van der Waals surface area contributed by atoms with Crippen molar-refractivity contribution in [2.75, 3.05) is 0 Å². The summed E-state index contributed by atoms with van der Waals surface area (Å²) >= 11 is 0. The van der Waals surface area contributed by atoms with Crippen molar-refractivity contribution in [3.8, 4) is 0 Å². The molecule has 1 unspecified atom stereocenters. The third kappa shape index (κ3) is 2.72. The summed E-state index contributed by atoms with van der Waals surface area (Å²) in [6, 6.07) is 12.0. The fourth-order valence-corrected chi connectivity index (χ4v) is 2.82. The quantitative estimate of drug-likeness (QED) is 0.800. The number of benzene rings is 1. The molecule has 1 atom stereocenters. The fraction of sp³-hybridized carbons (Fsp3) is 0.222. The van der Waals surface area contributed by atoms with Crippen molar-refractivity contribution in [2.45, 2.75) is 26.2 Å². The average molecular weight is 294 g/mol. The molecule has 2 heterocycles. The molecule has 3 aromatic rings. The second-order valence-corrected chi connectivity index (χ2v) is 5.68. The van der Waals surface area contributed by atoms with E-state index >= 15 is 0 Å². The minimum Gasteiger partial charge on any atom is -0.481 e. The average Bonchev–Trinajstić information content (AvgIpc) is 2.87. The van der Waals surface area contributed by atoms with Crippen LogP contribution in [0.4, 0.5) is 0 Å². The number of rotatable bonds is 4. The Hall–Kier alpha value is -2.62. The van der Waals surface area contributed by atoms with E-state index in [-0.39, 0.29) is 12.3 Å². The number of carboxylic acids is 1. The summed E-state index contributed by atoms with van der Waals surface area (Å²) < 4.78 is 1.99. The molecule has 0 aliphatic carbocycles. The van der Waals surface area contributed by atoms with Crippen LogP contribution in [0.5, 0.6) is 0 Å². The number of aryl methyl sites for hydroxylation is 2. The van der Waals surface area contributed by atoms with Crippen molar-refractivity contribution >= 4 is 11.6 Å². The lowest BCUT2D eigenvalue weighted by molar-refractivity contribution is -0.137. The molecule has 2 aromatic heterocycles. The third-order valence-electron chi connectivity index (χ3n) is 3.86. The van der Waals surface area contributed by atoms with Gasteiger partial charge in [0.05, 0.1) is 12.1 Å². The van der Waals surface area contributed by atoms with Crippen molar-refractivity contribution in [3.63, 3.8) is 0 Å². The number of imidazole rings is 1. The molecule has 0 spiro atoms. The highest BCUT2D eigenvalue weighted by atomic mass is 16.4. The normalized spacial score (nSPS) is 12.5. The van der Waals surface area contributed by atoms with E-state index in [1.807, 2.05) is 60.8 Å². The Morgan fingerprint density at radius 2 is 2.05 bits per heavy atom. The van der Waals surface area contributed by atoms with E-state index in [2.05, 4.69) is 4.98 Å². The van der Waals surface area contributed by atoms with Gasteiger partial charge < -0.3 is 9.51 Å². The van der Waals surface area contributed by atoms with Gasteiger partial charge in [-0.15, -0.1) is 0 Å². The van der Waals surface area contributed by atoms with Crippen LogP contribution in [0.25, 0.3) is 5.65 Å². The van der Waals surface area contributed by atoms with Gasteiger partial charge in [-0.3, -0.25) is 4.79 Å². The lowest BCUT2D eigenvalue weighted by Gasteiger charge is -2.16. The molecule has 3 rings (SSSR count). The number of nitrogens with zero attached hydrogens (tertiary/aromatic N) is 2. The van der Waals surface area contributed by atoms with Gasteiger partial charge in [0.15, 0.2) is 0 Å². The Kier molecular flexibility index (Phi) is 3.67. The molecule has 0 aliphatic heterocycles. The highest BCUT2D eigenvalue weighted by Crippen LogP contribution is 2.29. The van der Waals surface area contributed by atoms with E-state index < -0.39 is 5.97 Å². The van der Waals surface area contributed by atoms with Gasteiger partial charge in [-0.1, -0.05) is 35.9 Å². The van der Waals surface area contributed by atoms with Crippen LogP contribution in [-0.2, 0) is 4.79 Å². The second-order valence-electron chi connectivity index (χ2n) is 5.68. The van der Waals surface area contributed by atoms with Crippen LogP contribution in [0.1, 0.15) is 34.7 Å². The summed E-state index contributed by atoms with van der Waals surface area (Å²) in [5.74, 6) is -1.02. The number of fused-ring (bicyclic) bond motifs is 1. The number of carbonyl (C=O) groups is 1. The summed E-state index contributed by atoms with van der Waals surface area (Å²) in [5, 5.41) is 9.31. The van der Waals surface area contributed by atoms with E-state index in [9.17, 15) is 9.90 Å². The van der Waals surface area contributed by atoms with Gasteiger partial charge in [0.25, 0.3) is 0 Å². The molecule has 112 valence electrons. The monoisotopic (exact) mass is 294 g/mol. The topological polar surface area (TPSA) is 54.6 Å². The van der Waals surface area contributed by atoms with E-state index in [0.29, 0.717) is 0 Å². The number of aromatic nitrogens is 2. The second kappa shape index (κ2) is 5.64. The zero-order valence-electron chi connectivity index (χ0n) is 12.7. The van der Waals surface area contributed by atoms with E-state index in [1.54, 1.807) is 6.20 Å². The van der Waals surface area contributed by atoms with Gasteiger partial charge in [0.2, 0.25) is 0 Å². The standard InChI is InChI=1S/C18H18N2O2/c1-12-4-3-5-14(8-12)15(9-18(21)22)16-10-19-17-7-6-13(2)11-20(16)17/h3-8,10-11,15H,9H2,1-2H3,(H,21,22). The SMILES string of the molecule is Cc1cccc(C(CC(=O)O)c2cnc3ccc(C)cn23)c1. The van der Waals surface area contributed by atoms with Crippen molar-refractivity contribution < 1.29 is 9.90 Å². The van der Waals surface area contributed by atoms with E-state index in [0.717, 1.165) is 28.0 Å². The van der Waals surface area contributed by atoms with Gasteiger partial charge in [-0.2, -0.15) is 0 Å². The molecule has 22 heavy (non-hydrogen) atoms. The van der Waals surface area contributed by atoms with Crippen molar-refractivity contribution in [1.82, 2.24) is 9.38 Å². The predicted molar refractivity (Wildman–Crippen MR) is 85.2 cm³/mol. The highest BCUT2D eigenvalue weighted by molar-refractivity contribution is 5.69. The van der Waals surface area contributed by atoms with Gasteiger partial charge in [0.1, 0.15) is 5.65 Å². The first-order valence-electron chi connectivity index (χ1n) is 7.26. The highest BCUT2D eigenvalue weighted by Gasteiger charge is 2.21. The van der Waals surface area contributed by atoms with Gasteiger partial charge in [0, 0.05) is 18.3 Å². The molecule has 0 bridgehead atoms. The molecule has 4 heteroatoms. The largest absolute Gasteiger partial charge is 0.481 e. The lowest BCUT2D eigenvalue weighted by Crippen LogP contribution is -2.10. The maximum absolute atomic E-state index is 11.3. The third-order valence-corrected chi connectivity index (χ3v) is 3.86. The Morgan fingerprint density at radius 3 is 2.77 bits per heavy atom. The summed E-state index contributed by atoms with van der Waals surface area (Å²) in [6.45, 7) is 4.03. The van der Waals surface area contributed by atoms with Gasteiger partial charge >= 0.3 is 5.97 Å². The number of pyridine rings is 1. The smallest absolute Gasteiger partial charge is 0.304 e. The van der Waals surface area contributed by atoms with Crippen molar-refractivity contribution in [3.05, 3.63) is 71.2 Å². The van der Waals surface area contributed by atoms with Crippen LogP contribution >= 0.6 is 0 Å². The minimum absolute atomic E-state index is 0.0468. The first-order valence-corrected chi connectivity index (χ1v) is 7.26. The molecular formula is C18H18N2O2. The van der Waals surface area contributed by atoms with Crippen LogP contribution in [0, 0.1) is 13.8 Å². The molecule has 1 N–H and O–H groups in total. The van der Waals surface area contributed by atoms with Crippen LogP contribution < -0.4 is 0 Å². The van der Waals surface area contributed by atoms with E-state index in [1.165, 1.54) is 0 Å². The van der Waals surface area contributed by atoms with Crippen LogP contribution in [0.15, 0.2) is 48.8 Å². The summed E-state index contributed by atoms with van der Waals surface area (Å²) in [4.78, 5) is 15.7. The van der Waals surface area contributed by atoms with Crippen LogP contribution in [0.2, 0.25) is 0 Å². The van der Waals surface area contributed by atoms with Gasteiger partial charge in [-0.25, -0.2) is 4.98 Å². The summed E-state index contributed by atoms with van der Waals surface area (Å²) in [5.41, 5.74) is 4.99. The summed E-state index contributed by atoms with van der Waals surface area (Å²) in [7, 11) is 0.